The fraction of sp³-hybridized carbons (Fsp3) is 0. The molecule has 0 atom stereocenters. The van der Waals surface area contributed by atoms with Gasteiger partial charge in [0.05, 0.1) is 4.48 Å². The Morgan fingerprint density at radius 1 is 0.591 bits per heavy atom. The van der Waals surface area contributed by atoms with Gasteiger partial charge in [-0.3, -0.25) is 0 Å². The molecule has 0 unspecified atom stereocenters. The van der Waals surface area contributed by atoms with E-state index in [-0.39, 0.29) is 0 Å². The molecule has 1 aliphatic rings. The Bertz CT molecular complexity index is 866. The standard InChI is InChI=1S/C21H13Br/c22-21(15-8-2-1-3-9-15)14-20-18-12-6-4-10-16(18)17-11-5-7-13-19(17)20/h1-13H. The molecule has 0 heterocycles. The van der Waals surface area contributed by atoms with Crippen LogP contribution in [-0.4, -0.2) is 0 Å². The van der Waals surface area contributed by atoms with Gasteiger partial charge in [-0.25, -0.2) is 0 Å². The van der Waals surface area contributed by atoms with Crippen LogP contribution >= 0.6 is 15.9 Å². The summed E-state index contributed by atoms with van der Waals surface area (Å²) in [5.41, 5.74) is 10.9. The first-order chi connectivity index (χ1) is 10.8. The summed E-state index contributed by atoms with van der Waals surface area (Å²) in [6.07, 6.45) is 0. The molecule has 0 spiro atoms. The van der Waals surface area contributed by atoms with Crippen molar-refractivity contribution in [3.05, 3.63) is 101 Å². The smallest absolute Gasteiger partial charge is 0.0672 e. The highest BCUT2D eigenvalue weighted by atomic mass is 79.9. The van der Waals surface area contributed by atoms with E-state index in [0.29, 0.717) is 0 Å². The highest BCUT2D eigenvalue weighted by Gasteiger charge is 2.22. The zero-order valence-corrected chi connectivity index (χ0v) is 13.5. The van der Waals surface area contributed by atoms with Gasteiger partial charge >= 0.3 is 0 Å². The van der Waals surface area contributed by atoms with Gasteiger partial charge in [0.25, 0.3) is 0 Å². The average molecular weight is 345 g/mol. The molecule has 0 fully saturated rings. The van der Waals surface area contributed by atoms with Crippen molar-refractivity contribution < 1.29 is 0 Å². The van der Waals surface area contributed by atoms with Gasteiger partial charge in [0.1, 0.15) is 0 Å². The molecule has 3 aromatic carbocycles. The van der Waals surface area contributed by atoms with Crippen LogP contribution in [0.2, 0.25) is 0 Å². The van der Waals surface area contributed by atoms with Crippen molar-refractivity contribution >= 4 is 26.0 Å². The van der Waals surface area contributed by atoms with Crippen LogP contribution in [0.5, 0.6) is 0 Å². The molecular weight excluding hydrogens is 332 g/mol. The third-order valence-electron chi connectivity index (χ3n) is 3.94. The summed E-state index contributed by atoms with van der Waals surface area (Å²) in [4.78, 5) is 0. The average Bonchev–Trinajstić information content (AvgIpc) is 2.90. The Morgan fingerprint density at radius 2 is 1.05 bits per heavy atom. The lowest BCUT2D eigenvalue weighted by Gasteiger charge is -2.00. The molecular formula is C21H13Br. The highest BCUT2D eigenvalue weighted by Crippen LogP contribution is 2.43. The van der Waals surface area contributed by atoms with Crippen molar-refractivity contribution in [1.29, 1.82) is 0 Å². The maximum absolute atomic E-state index is 3.68. The van der Waals surface area contributed by atoms with Crippen molar-refractivity contribution in [2.75, 3.05) is 0 Å². The van der Waals surface area contributed by atoms with Crippen LogP contribution in [-0.2, 0) is 0 Å². The summed E-state index contributed by atoms with van der Waals surface area (Å²) in [7, 11) is 0. The first-order valence-corrected chi connectivity index (χ1v) is 8.05. The molecule has 0 saturated heterocycles. The van der Waals surface area contributed by atoms with E-state index in [9.17, 15) is 0 Å². The van der Waals surface area contributed by atoms with Crippen molar-refractivity contribution in [2.45, 2.75) is 0 Å². The minimum Gasteiger partial charge on any atom is -0.0954 e. The first-order valence-electron chi connectivity index (χ1n) is 7.25. The third-order valence-corrected chi connectivity index (χ3v) is 4.60. The number of fused-ring (bicyclic) bond motifs is 3. The molecule has 1 aliphatic carbocycles. The molecule has 0 aromatic heterocycles. The predicted octanol–water partition coefficient (Wildman–Crippen LogP) is 6.13. The van der Waals surface area contributed by atoms with Crippen LogP contribution in [0.15, 0.2) is 84.6 Å². The zero-order valence-electron chi connectivity index (χ0n) is 11.9. The molecule has 0 aliphatic heterocycles. The second kappa shape index (κ2) is 5.46. The Kier molecular flexibility index (Phi) is 3.31. The summed E-state index contributed by atoms with van der Waals surface area (Å²) >= 11 is 3.68. The Hall–Kier alpha value is -2.34. The number of hydrogen-bond donors (Lipinski definition) is 0. The minimum atomic E-state index is 0.981. The minimum absolute atomic E-state index is 0.981. The maximum Gasteiger partial charge on any atom is 0.0672 e. The monoisotopic (exact) mass is 344 g/mol. The summed E-state index contributed by atoms with van der Waals surface area (Å²) < 4.78 is 0.981. The second-order valence-electron chi connectivity index (χ2n) is 5.27. The quantitative estimate of drug-likeness (QED) is 0.364. The molecule has 4 rings (SSSR count). The zero-order chi connectivity index (χ0) is 14.9. The van der Waals surface area contributed by atoms with E-state index >= 15 is 0 Å². The fourth-order valence-corrected chi connectivity index (χ4v) is 3.38. The highest BCUT2D eigenvalue weighted by molar-refractivity contribution is 9.15. The van der Waals surface area contributed by atoms with Gasteiger partial charge in [0, 0.05) is 5.57 Å². The Labute approximate surface area is 138 Å². The van der Waals surface area contributed by atoms with E-state index in [4.69, 9.17) is 0 Å². The Balaban J connectivity index is 2.01. The molecule has 0 radical (unpaired) electrons. The number of benzene rings is 3. The van der Waals surface area contributed by atoms with E-state index in [1.165, 1.54) is 22.3 Å². The lowest BCUT2D eigenvalue weighted by Crippen LogP contribution is -1.80. The second-order valence-corrected chi connectivity index (χ2v) is 6.06. The molecule has 0 amide bonds. The van der Waals surface area contributed by atoms with Crippen molar-refractivity contribution in [3.8, 4) is 11.1 Å². The van der Waals surface area contributed by atoms with E-state index in [2.05, 4.69) is 82.3 Å². The molecule has 0 saturated carbocycles. The fourth-order valence-electron chi connectivity index (χ4n) is 2.92. The molecule has 0 N–H and O–H groups in total. The van der Waals surface area contributed by atoms with E-state index < -0.39 is 0 Å². The van der Waals surface area contributed by atoms with Gasteiger partial charge in [0.2, 0.25) is 0 Å². The van der Waals surface area contributed by atoms with Gasteiger partial charge in [-0.2, -0.15) is 0 Å². The first kappa shape index (κ1) is 13.3. The van der Waals surface area contributed by atoms with Crippen LogP contribution in [0, 0.1) is 0 Å². The van der Waals surface area contributed by atoms with Gasteiger partial charge < -0.3 is 0 Å². The van der Waals surface area contributed by atoms with Crippen LogP contribution in [0.4, 0.5) is 0 Å². The van der Waals surface area contributed by atoms with Crippen LogP contribution in [0.3, 0.4) is 0 Å². The number of halogens is 1. The molecule has 0 bridgehead atoms. The van der Waals surface area contributed by atoms with E-state index in [1.54, 1.807) is 0 Å². The lowest BCUT2D eigenvalue weighted by atomic mass is 10.0. The predicted molar refractivity (Wildman–Crippen MR) is 96.7 cm³/mol. The maximum atomic E-state index is 3.68. The van der Waals surface area contributed by atoms with Crippen molar-refractivity contribution in [2.24, 2.45) is 0 Å². The van der Waals surface area contributed by atoms with Gasteiger partial charge in [-0.1, -0.05) is 84.6 Å². The molecule has 1 heteroatoms. The molecule has 3 aromatic rings. The summed E-state index contributed by atoms with van der Waals surface area (Å²) in [5, 5.41) is 0. The summed E-state index contributed by atoms with van der Waals surface area (Å²) in [6.45, 7) is 0. The van der Waals surface area contributed by atoms with E-state index in [0.717, 1.165) is 15.6 Å². The van der Waals surface area contributed by atoms with Gasteiger partial charge in [0.15, 0.2) is 0 Å². The topological polar surface area (TPSA) is 0 Å². The van der Waals surface area contributed by atoms with Crippen molar-refractivity contribution in [1.82, 2.24) is 0 Å². The number of hydrogen-bond acceptors (Lipinski definition) is 0. The molecule has 22 heavy (non-hydrogen) atoms. The van der Waals surface area contributed by atoms with Crippen LogP contribution in [0.25, 0.3) is 21.2 Å². The normalized spacial score (nSPS) is 11.6. The largest absolute Gasteiger partial charge is 0.0954 e. The SMILES string of the molecule is BrC(=C=C1c2ccccc2-c2ccccc21)c1ccccc1. The van der Waals surface area contributed by atoms with E-state index in [1.807, 2.05) is 18.2 Å². The molecule has 0 nitrogen and oxygen atoms in total. The van der Waals surface area contributed by atoms with Crippen LogP contribution < -0.4 is 0 Å². The third kappa shape index (κ3) is 2.16. The van der Waals surface area contributed by atoms with Gasteiger partial charge in [-0.05, 0) is 43.7 Å². The van der Waals surface area contributed by atoms with Crippen LogP contribution in [0.1, 0.15) is 16.7 Å². The summed E-state index contributed by atoms with van der Waals surface area (Å²) in [5.74, 6) is 0. The molecule has 104 valence electrons. The van der Waals surface area contributed by atoms with Gasteiger partial charge in [-0.15, -0.1) is 0 Å². The lowest BCUT2D eigenvalue weighted by molar-refractivity contribution is 1.65. The summed E-state index contributed by atoms with van der Waals surface area (Å²) in [6, 6.07) is 27.3. The number of rotatable bonds is 1. The van der Waals surface area contributed by atoms with Crippen molar-refractivity contribution in [3.63, 3.8) is 0 Å². The Morgan fingerprint density at radius 3 is 1.59 bits per heavy atom.